The van der Waals surface area contributed by atoms with Crippen LogP contribution in [0, 0.1) is 11.3 Å². The first kappa shape index (κ1) is 16.2. The smallest absolute Gasteiger partial charge is 0.191 e. The highest BCUT2D eigenvalue weighted by Gasteiger charge is 2.15. The highest BCUT2D eigenvalue weighted by molar-refractivity contribution is 7.99. The average molecular weight is 339 g/mol. The maximum atomic E-state index is 8.98. The van der Waals surface area contributed by atoms with Crippen LogP contribution in [-0.4, -0.2) is 19.5 Å². The molecule has 122 valence electrons. The number of anilines is 1. The monoisotopic (exact) mass is 339 g/mol. The molecule has 0 aliphatic rings. The molecule has 0 saturated carbocycles. The quantitative estimate of drug-likeness (QED) is 0.552. The minimum absolute atomic E-state index is 0.00794. The van der Waals surface area contributed by atoms with Gasteiger partial charge in [-0.15, -0.1) is 0 Å². The maximum Gasteiger partial charge on any atom is 0.191 e. The van der Waals surface area contributed by atoms with Gasteiger partial charge < -0.3 is 16.0 Å². The van der Waals surface area contributed by atoms with E-state index in [1.165, 1.54) is 17.8 Å². The van der Waals surface area contributed by atoms with E-state index in [-0.39, 0.29) is 16.8 Å². The van der Waals surface area contributed by atoms with Crippen molar-refractivity contribution < 1.29 is 0 Å². The Hall–Kier alpha value is -2.63. The van der Waals surface area contributed by atoms with Crippen molar-refractivity contribution in [1.29, 1.82) is 5.26 Å². The molecule has 0 aliphatic heterocycles. The number of hydrogen-bond donors (Lipinski definition) is 2. The fourth-order valence-corrected chi connectivity index (χ4v) is 3.41. The number of aromatic nitrogens is 4. The van der Waals surface area contributed by atoms with Gasteiger partial charge in [0.2, 0.25) is 0 Å². The van der Waals surface area contributed by atoms with Crippen LogP contribution in [0.25, 0.3) is 10.9 Å². The van der Waals surface area contributed by atoms with E-state index in [2.05, 4.69) is 15.0 Å². The van der Waals surface area contributed by atoms with Crippen molar-refractivity contribution in [3.05, 3.63) is 41.5 Å². The fraction of sp³-hybridized carbons (Fsp3) is 0.250. The molecule has 0 aromatic carbocycles. The Kier molecular flexibility index (Phi) is 4.38. The lowest BCUT2D eigenvalue weighted by atomic mass is 10.1. The van der Waals surface area contributed by atoms with Crippen LogP contribution in [0.3, 0.4) is 0 Å². The normalized spacial score (nSPS) is 12.2. The molecule has 3 rings (SSSR count). The summed E-state index contributed by atoms with van der Waals surface area (Å²) in [7, 11) is 1.98. The van der Waals surface area contributed by atoms with Crippen molar-refractivity contribution in [2.24, 2.45) is 12.8 Å². The lowest BCUT2D eigenvalue weighted by Crippen LogP contribution is -2.00. The van der Waals surface area contributed by atoms with Gasteiger partial charge in [0.1, 0.15) is 17.6 Å². The number of nitriles is 1. The number of fused-ring (bicyclic) bond motifs is 1. The zero-order chi connectivity index (χ0) is 17.3. The molecule has 0 aliphatic carbocycles. The van der Waals surface area contributed by atoms with Crippen molar-refractivity contribution in [2.75, 3.05) is 5.73 Å². The second-order valence-corrected chi connectivity index (χ2v) is 6.74. The van der Waals surface area contributed by atoms with Gasteiger partial charge in [-0.05, 0) is 18.6 Å². The molecule has 0 saturated heterocycles. The Morgan fingerprint density at radius 1 is 1.38 bits per heavy atom. The zero-order valence-electron chi connectivity index (χ0n) is 13.4. The molecule has 1 atom stereocenters. The van der Waals surface area contributed by atoms with Crippen LogP contribution in [0.15, 0.2) is 29.7 Å². The van der Waals surface area contributed by atoms with E-state index in [1.54, 1.807) is 0 Å². The molecular formula is C16H17N7S. The van der Waals surface area contributed by atoms with Gasteiger partial charge in [0.05, 0.1) is 22.7 Å². The number of nitrogens with two attached hydrogens (primary N) is 2. The molecule has 0 amide bonds. The van der Waals surface area contributed by atoms with Crippen LogP contribution in [0.4, 0.5) is 5.82 Å². The molecule has 3 heterocycles. The summed E-state index contributed by atoms with van der Waals surface area (Å²) in [4.78, 5) is 12.9. The summed E-state index contributed by atoms with van der Waals surface area (Å²) in [6.45, 7) is 2.49. The summed E-state index contributed by atoms with van der Waals surface area (Å²) < 4.78 is 2.02. The number of thioether (sulfide) groups is 1. The first-order chi connectivity index (χ1) is 11.5. The molecule has 0 fully saturated rings. The second-order valence-electron chi connectivity index (χ2n) is 5.43. The van der Waals surface area contributed by atoms with Crippen molar-refractivity contribution in [3.8, 4) is 6.07 Å². The minimum atomic E-state index is 0.00794. The fourth-order valence-electron chi connectivity index (χ4n) is 2.53. The molecule has 1 unspecified atom stereocenters. The van der Waals surface area contributed by atoms with Crippen molar-refractivity contribution in [1.82, 2.24) is 19.5 Å². The highest BCUT2D eigenvalue weighted by atomic mass is 32.2. The topological polar surface area (TPSA) is 119 Å². The Morgan fingerprint density at radius 3 is 2.88 bits per heavy atom. The first-order valence-electron chi connectivity index (χ1n) is 7.37. The maximum absolute atomic E-state index is 8.98. The van der Waals surface area contributed by atoms with Crippen molar-refractivity contribution in [3.63, 3.8) is 0 Å². The van der Waals surface area contributed by atoms with E-state index >= 15 is 0 Å². The SMILES string of the molecule is CC(Sc1nc(N)cc(C#N)n1)c1cc2c(CN)cn(C)c2cn1. The van der Waals surface area contributed by atoms with Crippen molar-refractivity contribution in [2.45, 2.75) is 23.9 Å². The summed E-state index contributed by atoms with van der Waals surface area (Å²) in [5.74, 6) is 0.285. The summed E-state index contributed by atoms with van der Waals surface area (Å²) in [6.07, 6.45) is 3.87. The van der Waals surface area contributed by atoms with Crippen LogP contribution < -0.4 is 11.5 Å². The Balaban J connectivity index is 1.93. The molecule has 24 heavy (non-hydrogen) atoms. The summed E-state index contributed by atoms with van der Waals surface area (Å²) >= 11 is 1.42. The summed E-state index contributed by atoms with van der Waals surface area (Å²) in [5, 5.41) is 10.6. The minimum Gasteiger partial charge on any atom is -0.384 e. The Bertz CT molecular complexity index is 941. The van der Waals surface area contributed by atoms with E-state index in [1.807, 2.05) is 43.1 Å². The highest BCUT2D eigenvalue weighted by Crippen LogP contribution is 2.34. The lowest BCUT2D eigenvalue weighted by molar-refractivity contribution is 0.930. The third-order valence-electron chi connectivity index (χ3n) is 3.74. The zero-order valence-corrected chi connectivity index (χ0v) is 14.2. The van der Waals surface area contributed by atoms with Gasteiger partial charge in [0.15, 0.2) is 5.16 Å². The van der Waals surface area contributed by atoms with Crippen LogP contribution in [0.1, 0.15) is 29.1 Å². The third kappa shape index (κ3) is 3.04. The molecule has 8 heteroatoms. The summed E-state index contributed by atoms with van der Waals surface area (Å²) in [5.41, 5.74) is 14.8. The van der Waals surface area contributed by atoms with E-state index in [0.717, 1.165) is 22.2 Å². The van der Waals surface area contributed by atoms with E-state index < -0.39 is 0 Å². The number of nitrogens with zero attached hydrogens (tertiary/aromatic N) is 5. The van der Waals surface area contributed by atoms with Crippen LogP contribution in [0.2, 0.25) is 0 Å². The molecule has 4 N–H and O–H groups in total. The predicted octanol–water partition coefficient (Wildman–Crippen LogP) is 2.13. The van der Waals surface area contributed by atoms with E-state index in [0.29, 0.717) is 11.7 Å². The predicted molar refractivity (Wildman–Crippen MR) is 94.0 cm³/mol. The van der Waals surface area contributed by atoms with E-state index in [4.69, 9.17) is 16.7 Å². The first-order valence-corrected chi connectivity index (χ1v) is 8.25. The molecule has 0 spiro atoms. The van der Waals surface area contributed by atoms with Gasteiger partial charge >= 0.3 is 0 Å². The van der Waals surface area contributed by atoms with Gasteiger partial charge in [0, 0.05) is 31.2 Å². The molecule has 3 aromatic heterocycles. The van der Waals surface area contributed by atoms with Gasteiger partial charge in [0.25, 0.3) is 0 Å². The number of aryl methyl sites for hydroxylation is 1. The van der Waals surface area contributed by atoms with Gasteiger partial charge in [-0.1, -0.05) is 11.8 Å². The standard InChI is InChI=1S/C16H17N7S/c1-9(24-16-21-11(6-18)3-15(19)22-16)13-4-12-10(5-17)8-23(2)14(12)7-20-13/h3-4,7-9H,5,17H2,1-2H3,(H2,19,21,22). The number of hydrogen-bond acceptors (Lipinski definition) is 7. The Labute approximate surface area is 143 Å². The lowest BCUT2D eigenvalue weighted by Gasteiger charge is -2.10. The summed E-state index contributed by atoms with van der Waals surface area (Å²) in [6, 6.07) is 5.49. The Morgan fingerprint density at radius 2 is 2.17 bits per heavy atom. The molecule has 0 radical (unpaired) electrons. The number of pyridine rings is 1. The van der Waals surface area contributed by atoms with Crippen LogP contribution >= 0.6 is 11.8 Å². The molecular weight excluding hydrogens is 322 g/mol. The molecule has 7 nitrogen and oxygen atoms in total. The average Bonchev–Trinajstić information content (AvgIpc) is 2.89. The second kappa shape index (κ2) is 6.47. The number of nitrogen functional groups attached to an aromatic ring is 1. The third-order valence-corrected chi connectivity index (χ3v) is 4.73. The van der Waals surface area contributed by atoms with Crippen LogP contribution in [-0.2, 0) is 13.6 Å². The van der Waals surface area contributed by atoms with Gasteiger partial charge in [-0.3, -0.25) is 4.98 Å². The molecule has 0 bridgehead atoms. The van der Waals surface area contributed by atoms with Crippen LogP contribution in [0.5, 0.6) is 0 Å². The van der Waals surface area contributed by atoms with E-state index in [9.17, 15) is 0 Å². The number of rotatable bonds is 4. The van der Waals surface area contributed by atoms with Gasteiger partial charge in [-0.25, -0.2) is 9.97 Å². The van der Waals surface area contributed by atoms with Gasteiger partial charge in [-0.2, -0.15) is 5.26 Å². The largest absolute Gasteiger partial charge is 0.384 e. The molecule has 3 aromatic rings. The van der Waals surface area contributed by atoms with Crippen molar-refractivity contribution >= 4 is 28.5 Å².